The van der Waals surface area contributed by atoms with Crippen LogP contribution in [-0.2, 0) is 11.3 Å². The van der Waals surface area contributed by atoms with Crippen LogP contribution in [0, 0.1) is 5.92 Å². The summed E-state index contributed by atoms with van der Waals surface area (Å²) in [5, 5.41) is 1.05. The second kappa shape index (κ2) is 6.60. The van der Waals surface area contributed by atoms with Gasteiger partial charge in [-0.05, 0) is 43.4 Å². The Morgan fingerprint density at radius 3 is 2.81 bits per heavy atom. The maximum atomic E-state index is 12.6. The molecule has 0 spiro atoms. The SMILES string of the molecule is O=C(CC1CCC1)N1C[C@@H]2C[C@H]1CN2Cc1nc2ccc(Cl)cc2c(=O)[nH]1. The Bertz CT molecular complexity index is 955. The van der Waals surface area contributed by atoms with Gasteiger partial charge in [-0.2, -0.15) is 0 Å². The highest BCUT2D eigenvalue weighted by Crippen LogP contribution is 2.35. The highest BCUT2D eigenvalue weighted by molar-refractivity contribution is 6.31. The number of benzene rings is 1. The minimum absolute atomic E-state index is 0.154. The van der Waals surface area contributed by atoms with Crippen LogP contribution in [0.5, 0.6) is 0 Å². The third kappa shape index (κ3) is 3.15. The van der Waals surface area contributed by atoms with E-state index in [1.165, 1.54) is 19.3 Å². The number of rotatable bonds is 4. The average Bonchev–Trinajstić information content (AvgIpc) is 3.19. The first-order valence-corrected chi connectivity index (χ1v) is 10.2. The monoisotopic (exact) mass is 386 g/mol. The standard InChI is InChI=1S/C20H23ClN4O2/c21-13-4-5-17-16(7-13)20(27)23-18(22-17)11-24-9-15-8-14(24)10-25(15)19(26)6-12-2-1-3-12/h4-5,7,12,14-15H,1-3,6,8-11H2,(H,22,23,27)/t14-,15-/m0/s1. The molecule has 2 saturated heterocycles. The first kappa shape index (κ1) is 17.2. The van der Waals surface area contributed by atoms with Crippen molar-refractivity contribution in [1.82, 2.24) is 19.8 Å². The van der Waals surface area contributed by atoms with Gasteiger partial charge in [0, 0.05) is 36.6 Å². The molecule has 1 amide bonds. The molecule has 1 aromatic carbocycles. The van der Waals surface area contributed by atoms with Gasteiger partial charge in [0.1, 0.15) is 5.82 Å². The molecule has 1 saturated carbocycles. The van der Waals surface area contributed by atoms with Gasteiger partial charge in [-0.1, -0.05) is 18.0 Å². The Kier molecular flexibility index (Phi) is 4.20. The molecule has 3 fully saturated rings. The van der Waals surface area contributed by atoms with Gasteiger partial charge in [-0.15, -0.1) is 0 Å². The van der Waals surface area contributed by atoms with Crippen molar-refractivity contribution >= 4 is 28.4 Å². The van der Waals surface area contributed by atoms with Crippen LogP contribution < -0.4 is 5.56 Å². The number of nitrogens with one attached hydrogen (secondary N) is 1. The average molecular weight is 387 g/mol. The van der Waals surface area contributed by atoms with E-state index in [4.69, 9.17) is 11.6 Å². The Hall–Kier alpha value is -1.92. The molecule has 2 bridgehead atoms. The number of hydrogen-bond donors (Lipinski definition) is 1. The number of nitrogens with zero attached hydrogens (tertiary/aromatic N) is 3. The molecule has 1 aromatic heterocycles. The zero-order valence-corrected chi connectivity index (χ0v) is 15.9. The molecule has 1 aliphatic carbocycles. The molecule has 0 unspecified atom stereocenters. The van der Waals surface area contributed by atoms with Gasteiger partial charge in [0.05, 0.1) is 17.4 Å². The maximum absolute atomic E-state index is 12.6. The number of piperazine rings is 1. The fraction of sp³-hybridized carbons (Fsp3) is 0.550. The summed E-state index contributed by atoms with van der Waals surface area (Å²) in [7, 11) is 0. The number of likely N-dealkylation sites (tertiary alicyclic amines) is 2. The Labute approximate surface area is 162 Å². The fourth-order valence-corrected chi connectivity index (χ4v) is 4.91. The molecule has 2 aromatic rings. The fourth-order valence-electron chi connectivity index (χ4n) is 4.74. The van der Waals surface area contributed by atoms with Crippen molar-refractivity contribution in [3.05, 3.63) is 39.4 Å². The highest BCUT2D eigenvalue weighted by Gasteiger charge is 2.45. The van der Waals surface area contributed by atoms with E-state index in [-0.39, 0.29) is 5.56 Å². The number of hydrogen-bond acceptors (Lipinski definition) is 4. The van der Waals surface area contributed by atoms with Crippen molar-refractivity contribution in [3.63, 3.8) is 0 Å². The van der Waals surface area contributed by atoms with Gasteiger partial charge in [-0.25, -0.2) is 4.98 Å². The molecular formula is C20H23ClN4O2. The van der Waals surface area contributed by atoms with Gasteiger partial charge in [0.2, 0.25) is 5.91 Å². The van der Waals surface area contributed by atoms with E-state index in [0.29, 0.717) is 52.2 Å². The lowest BCUT2D eigenvalue weighted by Crippen LogP contribution is -2.49. The summed E-state index contributed by atoms with van der Waals surface area (Å²) < 4.78 is 0. The normalized spacial score (nSPS) is 25.3. The predicted molar refractivity (Wildman–Crippen MR) is 104 cm³/mol. The summed E-state index contributed by atoms with van der Waals surface area (Å²) in [4.78, 5) is 36.8. The molecule has 27 heavy (non-hydrogen) atoms. The molecule has 7 heteroatoms. The van der Waals surface area contributed by atoms with Crippen LogP contribution in [0.3, 0.4) is 0 Å². The molecule has 5 rings (SSSR count). The van der Waals surface area contributed by atoms with E-state index >= 15 is 0 Å². The zero-order chi connectivity index (χ0) is 18.5. The summed E-state index contributed by atoms with van der Waals surface area (Å²) in [5.74, 6) is 1.63. The first-order chi connectivity index (χ1) is 13.1. The van der Waals surface area contributed by atoms with Gasteiger partial charge >= 0.3 is 0 Å². The first-order valence-electron chi connectivity index (χ1n) is 9.79. The van der Waals surface area contributed by atoms with Crippen molar-refractivity contribution < 1.29 is 4.79 Å². The Balaban J connectivity index is 1.27. The molecule has 3 heterocycles. The lowest BCUT2D eigenvalue weighted by atomic mass is 9.82. The van der Waals surface area contributed by atoms with Crippen LogP contribution in [0.4, 0.5) is 0 Å². The quantitative estimate of drug-likeness (QED) is 0.876. The number of amides is 1. The van der Waals surface area contributed by atoms with Crippen molar-refractivity contribution in [2.45, 2.75) is 50.7 Å². The lowest BCUT2D eigenvalue weighted by Gasteiger charge is -2.35. The Morgan fingerprint density at radius 2 is 2.11 bits per heavy atom. The summed E-state index contributed by atoms with van der Waals surface area (Å²) in [6.07, 6.45) is 5.47. The molecule has 1 N–H and O–H groups in total. The highest BCUT2D eigenvalue weighted by atomic mass is 35.5. The summed E-state index contributed by atoms with van der Waals surface area (Å²) in [6.45, 7) is 2.28. The topological polar surface area (TPSA) is 69.3 Å². The Morgan fingerprint density at radius 1 is 1.26 bits per heavy atom. The molecule has 3 aliphatic rings. The molecule has 2 aliphatic heterocycles. The van der Waals surface area contributed by atoms with Crippen molar-refractivity contribution in [2.24, 2.45) is 5.92 Å². The van der Waals surface area contributed by atoms with Crippen molar-refractivity contribution in [3.8, 4) is 0 Å². The van der Waals surface area contributed by atoms with E-state index in [1.807, 2.05) is 0 Å². The van der Waals surface area contributed by atoms with E-state index in [0.717, 1.165) is 25.9 Å². The number of halogens is 1. The molecule has 6 nitrogen and oxygen atoms in total. The van der Waals surface area contributed by atoms with Crippen LogP contribution in [0.1, 0.15) is 37.9 Å². The van der Waals surface area contributed by atoms with Crippen LogP contribution in [-0.4, -0.2) is 50.8 Å². The van der Waals surface area contributed by atoms with Crippen LogP contribution >= 0.6 is 11.6 Å². The minimum atomic E-state index is -0.154. The number of aromatic nitrogens is 2. The van der Waals surface area contributed by atoms with Gasteiger partial charge in [0.25, 0.3) is 5.56 Å². The lowest BCUT2D eigenvalue weighted by molar-refractivity contribution is -0.135. The van der Waals surface area contributed by atoms with Crippen LogP contribution in [0.15, 0.2) is 23.0 Å². The van der Waals surface area contributed by atoms with Gasteiger partial charge < -0.3 is 9.88 Å². The summed E-state index contributed by atoms with van der Waals surface area (Å²) in [6, 6.07) is 5.87. The van der Waals surface area contributed by atoms with Gasteiger partial charge in [0.15, 0.2) is 0 Å². The second-order valence-corrected chi connectivity index (χ2v) is 8.63. The zero-order valence-electron chi connectivity index (χ0n) is 15.2. The smallest absolute Gasteiger partial charge is 0.258 e. The van der Waals surface area contributed by atoms with E-state index in [9.17, 15) is 9.59 Å². The summed E-state index contributed by atoms with van der Waals surface area (Å²) >= 11 is 5.97. The number of carbonyl (C=O) groups excluding carboxylic acids is 1. The van der Waals surface area contributed by atoms with Crippen molar-refractivity contribution in [2.75, 3.05) is 13.1 Å². The van der Waals surface area contributed by atoms with Crippen molar-refractivity contribution in [1.29, 1.82) is 0 Å². The number of aromatic amines is 1. The third-order valence-corrected chi connectivity index (χ3v) is 6.67. The second-order valence-electron chi connectivity index (χ2n) is 8.19. The van der Waals surface area contributed by atoms with E-state index < -0.39 is 0 Å². The number of fused-ring (bicyclic) bond motifs is 3. The molecular weight excluding hydrogens is 364 g/mol. The molecule has 2 atom stereocenters. The van der Waals surface area contributed by atoms with Crippen LogP contribution in [0.25, 0.3) is 10.9 Å². The largest absolute Gasteiger partial charge is 0.337 e. The minimum Gasteiger partial charge on any atom is -0.337 e. The number of carbonyl (C=O) groups is 1. The van der Waals surface area contributed by atoms with Crippen LogP contribution in [0.2, 0.25) is 5.02 Å². The predicted octanol–water partition coefficient (Wildman–Crippen LogP) is 2.55. The third-order valence-electron chi connectivity index (χ3n) is 6.43. The molecule has 142 valence electrons. The van der Waals surface area contributed by atoms with E-state index in [1.54, 1.807) is 18.2 Å². The van der Waals surface area contributed by atoms with Gasteiger partial charge in [-0.3, -0.25) is 14.5 Å². The van der Waals surface area contributed by atoms with E-state index in [2.05, 4.69) is 19.8 Å². The summed E-state index contributed by atoms with van der Waals surface area (Å²) in [5.41, 5.74) is 0.513. The molecule has 0 radical (unpaired) electrons. The number of H-pyrrole nitrogens is 1. The maximum Gasteiger partial charge on any atom is 0.258 e.